The molecule has 1 saturated heterocycles. The zero-order valence-electron chi connectivity index (χ0n) is 18.1. The van der Waals surface area contributed by atoms with Crippen LogP contribution in [-0.4, -0.2) is 45.8 Å². The summed E-state index contributed by atoms with van der Waals surface area (Å²) in [5.41, 5.74) is 4.77. The molecule has 5 rings (SSSR count). The van der Waals surface area contributed by atoms with Crippen LogP contribution in [0.3, 0.4) is 0 Å². The Labute approximate surface area is 188 Å². The van der Waals surface area contributed by atoms with Crippen molar-refractivity contribution >= 4 is 5.52 Å². The van der Waals surface area contributed by atoms with Crippen LogP contribution >= 0.6 is 0 Å². The van der Waals surface area contributed by atoms with E-state index in [0.29, 0.717) is 12.5 Å². The standard InChI is InChI=1S/C26H28N4O2/c1-2-8-26(32-20-21-5-3-10-27-16-21)24(6-1)18-29-13-14-31-19-22(17-29)15-23-7-4-12-30-25(23)9-11-28-30/h1-12,16,22H,13-15,17-20H2. The first-order valence-corrected chi connectivity index (χ1v) is 11.2. The molecule has 1 aromatic carbocycles. The molecule has 1 unspecified atom stereocenters. The summed E-state index contributed by atoms with van der Waals surface area (Å²) >= 11 is 0. The molecular weight excluding hydrogens is 400 g/mol. The van der Waals surface area contributed by atoms with Crippen LogP contribution in [0.4, 0.5) is 0 Å². The summed E-state index contributed by atoms with van der Waals surface area (Å²) in [6, 6.07) is 18.7. The third kappa shape index (κ3) is 4.98. The van der Waals surface area contributed by atoms with Gasteiger partial charge in [0.1, 0.15) is 12.4 Å². The second kappa shape index (κ2) is 9.94. The van der Waals surface area contributed by atoms with E-state index in [1.54, 1.807) is 6.20 Å². The molecule has 0 radical (unpaired) electrons. The van der Waals surface area contributed by atoms with Gasteiger partial charge >= 0.3 is 0 Å². The van der Waals surface area contributed by atoms with E-state index in [0.717, 1.165) is 50.6 Å². The summed E-state index contributed by atoms with van der Waals surface area (Å²) in [5, 5.41) is 4.37. The smallest absolute Gasteiger partial charge is 0.124 e. The second-order valence-corrected chi connectivity index (χ2v) is 8.33. The molecule has 0 N–H and O–H groups in total. The SMILES string of the molecule is c1cncc(COc2ccccc2CN2CCOCC(Cc3cccn4nccc34)C2)c1. The van der Waals surface area contributed by atoms with Crippen molar-refractivity contribution < 1.29 is 9.47 Å². The van der Waals surface area contributed by atoms with Gasteiger partial charge in [0, 0.05) is 55.5 Å². The lowest BCUT2D eigenvalue weighted by molar-refractivity contribution is 0.122. The van der Waals surface area contributed by atoms with Crippen LogP contribution in [0.25, 0.3) is 5.52 Å². The van der Waals surface area contributed by atoms with Gasteiger partial charge in [0.25, 0.3) is 0 Å². The Morgan fingerprint density at radius 2 is 1.94 bits per heavy atom. The van der Waals surface area contributed by atoms with E-state index >= 15 is 0 Å². The van der Waals surface area contributed by atoms with Crippen LogP contribution in [0, 0.1) is 5.92 Å². The first-order valence-electron chi connectivity index (χ1n) is 11.2. The van der Waals surface area contributed by atoms with Crippen molar-refractivity contribution in [3.05, 3.63) is 96.1 Å². The molecule has 1 aliphatic heterocycles. The second-order valence-electron chi connectivity index (χ2n) is 8.33. The highest BCUT2D eigenvalue weighted by Crippen LogP contribution is 2.24. The van der Waals surface area contributed by atoms with Crippen molar-refractivity contribution in [2.45, 2.75) is 19.6 Å². The number of rotatable bonds is 7. The Morgan fingerprint density at radius 3 is 2.88 bits per heavy atom. The van der Waals surface area contributed by atoms with Crippen molar-refractivity contribution in [3.8, 4) is 5.75 Å². The van der Waals surface area contributed by atoms with Crippen LogP contribution in [0.2, 0.25) is 0 Å². The molecule has 0 spiro atoms. The van der Waals surface area contributed by atoms with Crippen molar-refractivity contribution in [1.82, 2.24) is 19.5 Å². The molecule has 0 bridgehead atoms. The molecule has 0 amide bonds. The van der Waals surface area contributed by atoms with Gasteiger partial charge in [-0.2, -0.15) is 5.10 Å². The number of benzene rings is 1. The average Bonchev–Trinajstić information content (AvgIpc) is 3.21. The Morgan fingerprint density at radius 1 is 1.00 bits per heavy atom. The van der Waals surface area contributed by atoms with Gasteiger partial charge in [-0.25, -0.2) is 4.52 Å². The van der Waals surface area contributed by atoms with E-state index < -0.39 is 0 Å². The van der Waals surface area contributed by atoms with Crippen LogP contribution in [0.15, 0.2) is 79.4 Å². The first-order chi connectivity index (χ1) is 15.8. The van der Waals surface area contributed by atoms with Gasteiger partial charge in [-0.05, 0) is 42.2 Å². The van der Waals surface area contributed by atoms with E-state index in [1.165, 1.54) is 16.6 Å². The predicted octanol–water partition coefficient (Wildman–Crippen LogP) is 4.00. The maximum atomic E-state index is 6.15. The van der Waals surface area contributed by atoms with Crippen LogP contribution in [0.5, 0.6) is 5.75 Å². The third-order valence-corrected chi connectivity index (χ3v) is 5.94. The highest BCUT2D eigenvalue weighted by molar-refractivity contribution is 5.53. The lowest BCUT2D eigenvalue weighted by atomic mass is 9.99. The number of hydrogen-bond acceptors (Lipinski definition) is 5. The highest BCUT2D eigenvalue weighted by atomic mass is 16.5. The van der Waals surface area contributed by atoms with Gasteiger partial charge in [0.2, 0.25) is 0 Å². The van der Waals surface area contributed by atoms with Gasteiger partial charge in [-0.3, -0.25) is 9.88 Å². The van der Waals surface area contributed by atoms with Crippen molar-refractivity contribution in [1.29, 1.82) is 0 Å². The maximum absolute atomic E-state index is 6.15. The number of pyridine rings is 2. The fraction of sp³-hybridized carbons (Fsp3) is 0.308. The molecule has 1 fully saturated rings. The number of nitrogens with zero attached hydrogens (tertiary/aromatic N) is 4. The Bertz CT molecular complexity index is 1140. The molecule has 164 valence electrons. The monoisotopic (exact) mass is 428 g/mol. The normalized spacial score (nSPS) is 17.3. The fourth-order valence-corrected chi connectivity index (χ4v) is 4.38. The minimum Gasteiger partial charge on any atom is -0.489 e. The quantitative estimate of drug-likeness (QED) is 0.445. The average molecular weight is 429 g/mol. The number of aromatic nitrogens is 3. The summed E-state index contributed by atoms with van der Waals surface area (Å²) in [6.07, 6.45) is 8.46. The maximum Gasteiger partial charge on any atom is 0.124 e. The van der Waals surface area contributed by atoms with Gasteiger partial charge in [0.15, 0.2) is 0 Å². The van der Waals surface area contributed by atoms with Gasteiger partial charge in [-0.1, -0.05) is 30.3 Å². The van der Waals surface area contributed by atoms with E-state index in [9.17, 15) is 0 Å². The van der Waals surface area contributed by atoms with Crippen molar-refractivity contribution in [2.24, 2.45) is 5.92 Å². The van der Waals surface area contributed by atoms with Gasteiger partial charge < -0.3 is 9.47 Å². The number of fused-ring (bicyclic) bond motifs is 1. The van der Waals surface area contributed by atoms with E-state index in [4.69, 9.17) is 9.47 Å². The van der Waals surface area contributed by atoms with Crippen LogP contribution in [0.1, 0.15) is 16.7 Å². The molecule has 6 nitrogen and oxygen atoms in total. The fourth-order valence-electron chi connectivity index (χ4n) is 4.38. The lowest BCUT2D eigenvalue weighted by Gasteiger charge is -2.24. The zero-order valence-corrected chi connectivity index (χ0v) is 18.1. The van der Waals surface area contributed by atoms with Crippen LogP contribution in [-0.2, 0) is 24.3 Å². The molecular formula is C26H28N4O2. The molecule has 32 heavy (non-hydrogen) atoms. The topological polar surface area (TPSA) is 51.9 Å². The Hall–Kier alpha value is -3.22. The molecule has 1 atom stereocenters. The molecule has 6 heteroatoms. The summed E-state index contributed by atoms with van der Waals surface area (Å²) in [7, 11) is 0. The molecule has 0 saturated carbocycles. The summed E-state index contributed by atoms with van der Waals surface area (Å²) in [5.74, 6) is 1.36. The summed E-state index contributed by atoms with van der Waals surface area (Å²) < 4.78 is 14.1. The molecule has 3 aromatic heterocycles. The van der Waals surface area contributed by atoms with E-state index in [1.807, 2.05) is 41.3 Å². The Balaban J connectivity index is 1.26. The molecule has 4 heterocycles. The number of para-hydroxylation sites is 1. The summed E-state index contributed by atoms with van der Waals surface area (Å²) in [4.78, 5) is 6.66. The lowest BCUT2D eigenvalue weighted by Crippen LogP contribution is -2.30. The van der Waals surface area contributed by atoms with Crippen molar-refractivity contribution in [3.63, 3.8) is 0 Å². The highest BCUT2D eigenvalue weighted by Gasteiger charge is 2.21. The summed E-state index contributed by atoms with van der Waals surface area (Å²) in [6.45, 7) is 4.82. The largest absolute Gasteiger partial charge is 0.489 e. The van der Waals surface area contributed by atoms with E-state index in [2.05, 4.69) is 51.4 Å². The molecule has 4 aromatic rings. The van der Waals surface area contributed by atoms with E-state index in [-0.39, 0.29) is 0 Å². The predicted molar refractivity (Wildman–Crippen MR) is 123 cm³/mol. The number of ether oxygens (including phenoxy) is 2. The minimum absolute atomic E-state index is 0.432. The van der Waals surface area contributed by atoms with Gasteiger partial charge in [0.05, 0.1) is 18.7 Å². The van der Waals surface area contributed by atoms with Gasteiger partial charge in [-0.15, -0.1) is 0 Å². The number of hydrogen-bond donors (Lipinski definition) is 0. The third-order valence-electron chi connectivity index (χ3n) is 5.94. The Kier molecular flexibility index (Phi) is 6.42. The van der Waals surface area contributed by atoms with Crippen LogP contribution < -0.4 is 4.74 Å². The zero-order chi connectivity index (χ0) is 21.6. The molecule has 1 aliphatic rings. The van der Waals surface area contributed by atoms with Crippen molar-refractivity contribution in [2.75, 3.05) is 26.3 Å². The first kappa shape index (κ1) is 20.7. The molecule has 0 aliphatic carbocycles. The minimum atomic E-state index is 0.432.